The number of hydrogen-bond donors (Lipinski definition) is 1. The van der Waals surface area contributed by atoms with Crippen molar-refractivity contribution in [3.05, 3.63) is 66.9 Å². The molecule has 0 saturated heterocycles. The maximum atomic E-state index is 12.6. The van der Waals surface area contributed by atoms with Gasteiger partial charge in [0.25, 0.3) is 5.89 Å². The molecule has 0 saturated carbocycles. The highest BCUT2D eigenvalue weighted by Crippen LogP contribution is 2.32. The van der Waals surface area contributed by atoms with Crippen LogP contribution in [-0.2, 0) is 11.3 Å². The summed E-state index contributed by atoms with van der Waals surface area (Å²) in [5, 5.41) is 11.1. The highest BCUT2D eigenvalue weighted by Gasteiger charge is 2.16. The molecule has 4 aromatic rings. The number of hydrogen-bond acceptors (Lipinski definition) is 6. The van der Waals surface area contributed by atoms with Crippen LogP contribution < -0.4 is 14.8 Å². The smallest absolute Gasteiger partial charge is 0.264 e. The number of fused-ring (bicyclic) bond motifs is 1. The lowest BCUT2D eigenvalue weighted by Crippen LogP contribution is -2.19. The van der Waals surface area contributed by atoms with E-state index in [1.54, 1.807) is 29.0 Å². The molecule has 30 heavy (non-hydrogen) atoms. The number of carbonyl (C=O) groups excluding carboxylic acids is 1. The molecule has 0 radical (unpaired) electrons. The van der Waals surface area contributed by atoms with Gasteiger partial charge in [-0.25, -0.2) is 0 Å². The summed E-state index contributed by atoms with van der Waals surface area (Å²) < 4.78 is 18.6. The van der Waals surface area contributed by atoms with Gasteiger partial charge in [0.05, 0.1) is 0 Å². The first kappa shape index (κ1) is 18.0. The zero-order chi connectivity index (χ0) is 20.3. The third kappa shape index (κ3) is 3.62. The van der Waals surface area contributed by atoms with E-state index in [4.69, 9.17) is 13.9 Å². The molecule has 8 nitrogen and oxygen atoms in total. The highest BCUT2D eigenvalue weighted by molar-refractivity contribution is 5.91. The molecule has 2 aromatic carbocycles. The Morgan fingerprint density at radius 3 is 2.60 bits per heavy atom. The van der Waals surface area contributed by atoms with Gasteiger partial charge in [-0.05, 0) is 36.4 Å². The number of anilines is 1. The largest absolute Gasteiger partial charge is 0.486 e. The third-order valence-corrected chi connectivity index (χ3v) is 4.63. The fourth-order valence-electron chi connectivity index (χ4n) is 3.25. The van der Waals surface area contributed by atoms with Gasteiger partial charge in [0, 0.05) is 23.5 Å². The molecule has 0 unspecified atom stereocenters. The van der Waals surface area contributed by atoms with Gasteiger partial charge in [0.2, 0.25) is 11.8 Å². The normalized spacial score (nSPS) is 12.5. The molecule has 1 N–H and O–H groups in total. The molecule has 1 amide bonds. The van der Waals surface area contributed by atoms with Crippen LogP contribution in [0.3, 0.4) is 0 Å². The van der Waals surface area contributed by atoms with Crippen LogP contribution >= 0.6 is 0 Å². The minimum absolute atomic E-state index is 0.0970. The number of ether oxygens (including phenoxy) is 2. The Morgan fingerprint density at radius 1 is 0.933 bits per heavy atom. The van der Waals surface area contributed by atoms with E-state index in [-0.39, 0.29) is 12.5 Å². The lowest BCUT2D eigenvalue weighted by Gasteiger charge is -2.19. The van der Waals surface area contributed by atoms with Crippen LogP contribution in [0.15, 0.2) is 71.3 Å². The second-order valence-corrected chi connectivity index (χ2v) is 6.71. The minimum atomic E-state index is -0.188. The number of carbonyl (C=O) groups is 1. The van der Waals surface area contributed by atoms with Crippen molar-refractivity contribution in [1.82, 2.24) is 14.8 Å². The van der Waals surface area contributed by atoms with E-state index in [1.165, 1.54) is 0 Å². The number of aromatic nitrogens is 3. The summed E-state index contributed by atoms with van der Waals surface area (Å²) in [7, 11) is 0. The maximum Gasteiger partial charge on any atom is 0.264 e. The first-order chi connectivity index (χ1) is 14.8. The molecule has 0 spiro atoms. The molecule has 8 heteroatoms. The molecule has 1 aliphatic rings. The molecular formula is C22H18N4O4. The van der Waals surface area contributed by atoms with Gasteiger partial charge >= 0.3 is 0 Å². The Hall–Kier alpha value is -4.07. The molecule has 2 aromatic heterocycles. The zero-order valence-electron chi connectivity index (χ0n) is 15.9. The van der Waals surface area contributed by atoms with Crippen molar-refractivity contribution < 1.29 is 18.7 Å². The molecule has 0 fully saturated rings. The van der Waals surface area contributed by atoms with Crippen LogP contribution in [0, 0.1) is 0 Å². The van der Waals surface area contributed by atoms with Crippen LogP contribution in [0.25, 0.3) is 23.0 Å². The van der Waals surface area contributed by atoms with Crippen LogP contribution in [0.2, 0.25) is 0 Å². The van der Waals surface area contributed by atoms with Crippen molar-refractivity contribution in [3.8, 4) is 34.5 Å². The zero-order valence-corrected chi connectivity index (χ0v) is 15.9. The van der Waals surface area contributed by atoms with E-state index in [2.05, 4.69) is 15.5 Å². The van der Waals surface area contributed by atoms with E-state index >= 15 is 0 Å². The summed E-state index contributed by atoms with van der Waals surface area (Å²) >= 11 is 0. The molecule has 150 valence electrons. The Kier molecular flexibility index (Phi) is 4.65. The predicted octanol–water partition coefficient (Wildman–Crippen LogP) is 3.62. The molecular weight excluding hydrogens is 384 g/mol. The SMILES string of the molecule is O=C(Cn1cccc1-c1nnc(-c2ccccc2)o1)Nc1ccc2c(c1)OCCO2. The second-order valence-electron chi connectivity index (χ2n) is 6.71. The molecule has 0 bridgehead atoms. The van der Waals surface area contributed by atoms with Crippen molar-refractivity contribution in [3.63, 3.8) is 0 Å². The Labute approximate surface area is 172 Å². The third-order valence-electron chi connectivity index (χ3n) is 4.63. The first-order valence-corrected chi connectivity index (χ1v) is 9.50. The monoisotopic (exact) mass is 402 g/mol. The van der Waals surface area contributed by atoms with Crippen molar-refractivity contribution in [2.24, 2.45) is 0 Å². The summed E-state index contributed by atoms with van der Waals surface area (Å²) in [5.41, 5.74) is 2.15. The average Bonchev–Trinajstić information content (AvgIpc) is 3.44. The second kappa shape index (κ2) is 7.75. The van der Waals surface area contributed by atoms with Gasteiger partial charge in [-0.15, -0.1) is 10.2 Å². The highest BCUT2D eigenvalue weighted by atomic mass is 16.6. The lowest BCUT2D eigenvalue weighted by atomic mass is 10.2. The topological polar surface area (TPSA) is 91.4 Å². The number of nitrogens with zero attached hydrogens (tertiary/aromatic N) is 3. The van der Waals surface area contributed by atoms with Crippen LogP contribution in [0.5, 0.6) is 11.5 Å². The molecule has 3 heterocycles. The van der Waals surface area contributed by atoms with Gasteiger partial charge in [0.1, 0.15) is 25.5 Å². The van der Waals surface area contributed by atoms with E-state index < -0.39 is 0 Å². The summed E-state index contributed by atoms with van der Waals surface area (Å²) in [6.45, 7) is 1.11. The maximum absolute atomic E-state index is 12.6. The molecule has 1 aliphatic heterocycles. The summed E-state index contributed by atoms with van der Waals surface area (Å²) in [5.74, 6) is 1.90. The van der Waals surface area contributed by atoms with Gasteiger partial charge in [-0.3, -0.25) is 4.79 Å². The van der Waals surface area contributed by atoms with Crippen LogP contribution in [0.1, 0.15) is 0 Å². The molecule has 5 rings (SSSR count). The lowest BCUT2D eigenvalue weighted by molar-refractivity contribution is -0.116. The van der Waals surface area contributed by atoms with Crippen molar-refractivity contribution in [1.29, 1.82) is 0 Å². The molecule has 0 aliphatic carbocycles. The summed E-state index contributed by atoms with van der Waals surface area (Å²) in [4.78, 5) is 12.6. The standard InChI is InChI=1S/C22H18N4O4/c27-20(23-16-8-9-18-19(13-16)29-12-11-28-18)14-26-10-4-7-17(26)22-25-24-21(30-22)15-5-2-1-3-6-15/h1-10,13H,11-12,14H2,(H,23,27). The number of nitrogens with one attached hydrogen (secondary N) is 1. The Balaban J connectivity index is 1.31. The fraction of sp³-hybridized carbons (Fsp3) is 0.136. The average molecular weight is 402 g/mol. The minimum Gasteiger partial charge on any atom is -0.486 e. The van der Waals surface area contributed by atoms with E-state index in [1.807, 2.05) is 42.5 Å². The van der Waals surface area contributed by atoms with Crippen molar-refractivity contribution in [2.45, 2.75) is 6.54 Å². The van der Waals surface area contributed by atoms with E-state index in [0.29, 0.717) is 47.9 Å². The van der Waals surface area contributed by atoms with Gasteiger partial charge < -0.3 is 23.8 Å². The summed E-state index contributed by atoms with van der Waals surface area (Å²) in [6, 6.07) is 18.5. The van der Waals surface area contributed by atoms with Gasteiger partial charge in [0.15, 0.2) is 11.5 Å². The van der Waals surface area contributed by atoms with Crippen molar-refractivity contribution >= 4 is 11.6 Å². The number of benzene rings is 2. The van der Waals surface area contributed by atoms with E-state index in [9.17, 15) is 4.79 Å². The molecule has 0 atom stereocenters. The Bertz CT molecular complexity index is 1180. The number of amides is 1. The van der Waals surface area contributed by atoms with Crippen LogP contribution in [0.4, 0.5) is 5.69 Å². The first-order valence-electron chi connectivity index (χ1n) is 9.50. The van der Waals surface area contributed by atoms with Gasteiger partial charge in [-0.2, -0.15) is 0 Å². The quantitative estimate of drug-likeness (QED) is 0.548. The number of rotatable bonds is 5. The fourth-order valence-corrected chi connectivity index (χ4v) is 3.25. The summed E-state index contributed by atoms with van der Waals surface area (Å²) in [6.07, 6.45) is 1.80. The van der Waals surface area contributed by atoms with E-state index in [0.717, 1.165) is 5.56 Å². The predicted molar refractivity (Wildman–Crippen MR) is 109 cm³/mol. The Morgan fingerprint density at radius 2 is 1.73 bits per heavy atom. The van der Waals surface area contributed by atoms with Gasteiger partial charge in [-0.1, -0.05) is 18.2 Å². The van der Waals surface area contributed by atoms with Crippen molar-refractivity contribution in [2.75, 3.05) is 18.5 Å². The van der Waals surface area contributed by atoms with Crippen LogP contribution in [-0.4, -0.2) is 33.9 Å².